The molecule has 2 aromatic rings. The molecule has 0 radical (unpaired) electrons. The molecule has 122 valence electrons. The van der Waals surface area contributed by atoms with Gasteiger partial charge in [-0.15, -0.1) is 0 Å². The predicted octanol–water partition coefficient (Wildman–Crippen LogP) is 3.58. The number of imidazole rings is 1. The fourth-order valence-corrected chi connectivity index (χ4v) is 3.59. The molecule has 0 bridgehead atoms. The second-order valence-electron chi connectivity index (χ2n) is 6.30. The van der Waals surface area contributed by atoms with Gasteiger partial charge in [-0.05, 0) is 43.4 Å². The van der Waals surface area contributed by atoms with Crippen LogP contribution in [0.5, 0.6) is 0 Å². The van der Waals surface area contributed by atoms with E-state index in [1.165, 1.54) is 12.8 Å². The van der Waals surface area contributed by atoms with Crippen LogP contribution in [0.15, 0.2) is 41.8 Å². The van der Waals surface area contributed by atoms with E-state index in [1.54, 1.807) is 18.0 Å². The maximum atomic E-state index is 12.7. The molecule has 0 N–H and O–H groups in total. The Morgan fingerprint density at radius 2 is 2.26 bits per heavy atom. The normalized spacial score (nSPS) is 15.4. The SMILES string of the molecule is CC(C1CC1)N(C)C(=O)c1cccc(CSc2nccn2C)c1. The number of carbonyl (C=O) groups excluding carboxylic acids is 1. The van der Waals surface area contributed by atoms with Gasteiger partial charge in [-0.2, -0.15) is 0 Å². The van der Waals surface area contributed by atoms with Gasteiger partial charge in [0.25, 0.3) is 5.91 Å². The molecule has 3 rings (SSSR count). The molecule has 1 amide bonds. The fraction of sp³-hybridized carbons (Fsp3) is 0.444. The van der Waals surface area contributed by atoms with Gasteiger partial charge in [-0.1, -0.05) is 23.9 Å². The Morgan fingerprint density at radius 3 is 2.91 bits per heavy atom. The van der Waals surface area contributed by atoms with Gasteiger partial charge in [0.2, 0.25) is 0 Å². The van der Waals surface area contributed by atoms with Gasteiger partial charge in [-0.3, -0.25) is 4.79 Å². The zero-order valence-corrected chi connectivity index (χ0v) is 14.7. The topological polar surface area (TPSA) is 38.1 Å². The lowest BCUT2D eigenvalue weighted by molar-refractivity contribution is 0.0727. The highest BCUT2D eigenvalue weighted by Gasteiger charge is 2.32. The summed E-state index contributed by atoms with van der Waals surface area (Å²) >= 11 is 1.68. The molecular formula is C18H23N3OS. The summed E-state index contributed by atoms with van der Waals surface area (Å²) in [4.78, 5) is 18.9. The molecule has 1 aromatic heterocycles. The summed E-state index contributed by atoms with van der Waals surface area (Å²) in [5.74, 6) is 1.62. The van der Waals surface area contributed by atoms with Crippen molar-refractivity contribution in [1.82, 2.24) is 14.5 Å². The van der Waals surface area contributed by atoms with Crippen molar-refractivity contribution in [3.05, 3.63) is 47.8 Å². The Balaban J connectivity index is 1.66. The van der Waals surface area contributed by atoms with E-state index in [1.807, 2.05) is 48.0 Å². The fourth-order valence-electron chi connectivity index (χ4n) is 2.72. The van der Waals surface area contributed by atoms with Crippen molar-refractivity contribution in [3.63, 3.8) is 0 Å². The Bertz CT molecular complexity index is 693. The van der Waals surface area contributed by atoms with Gasteiger partial charge in [0.05, 0.1) is 0 Å². The lowest BCUT2D eigenvalue weighted by Gasteiger charge is -2.25. The second kappa shape index (κ2) is 6.79. The molecule has 1 saturated carbocycles. The molecule has 0 aliphatic heterocycles. The quantitative estimate of drug-likeness (QED) is 0.760. The first kappa shape index (κ1) is 16.1. The van der Waals surface area contributed by atoms with Crippen LogP contribution in [0.4, 0.5) is 0 Å². The average Bonchev–Trinajstić information content (AvgIpc) is 3.34. The minimum absolute atomic E-state index is 0.119. The average molecular weight is 329 g/mol. The number of nitrogens with zero attached hydrogens (tertiary/aromatic N) is 3. The molecule has 0 saturated heterocycles. The molecule has 1 aromatic carbocycles. The molecule has 4 nitrogen and oxygen atoms in total. The first-order valence-electron chi connectivity index (χ1n) is 8.02. The first-order chi connectivity index (χ1) is 11.1. The predicted molar refractivity (Wildman–Crippen MR) is 93.5 cm³/mol. The van der Waals surface area contributed by atoms with E-state index >= 15 is 0 Å². The van der Waals surface area contributed by atoms with E-state index in [0.29, 0.717) is 12.0 Å². The van der Waals surface area contributed by atoms with E-state index in [9.17, 15) is 4.79 Å². The summed E-state index contributed by atoms with van der Waals surface area (Å²) in [7, 11) is 3.91. The van der Waals surface area contributed by atoms with E-state index in [-0.39, 0.29) is 5.91 Å². The second-order valence-corrected chi connectivity index (χ2v) is 7.25. The summed E-state index contributed by atoms with van der Waals surface area (Å²) in [5.41, 5.74) is 1.93. The van der Waals surface area contributed by atoms with Crippen molar-refractivity contribution in [2.24, 2.45) is 13.0 Å². The van der Waals surface area contributed by atoms with Gasteiger partial charge in [0.1, 0.15) is 0 Å². The maximum Gasteiger partial charge on any atom is 0.253 e. The zero-order chi connectivity index (χ0) is 16.4. The van der Waals surface area contributed by atoms with Gasteiger partial charge in [-0.25, -0.2) is 4.98 Å². The van der Waals surface area contributed by atoms with Crippen molar-refractivity contribution in [3.8, 4) is 0 Å². The van der Waals surface area contributed by atoms with Crippen LogP contribution in [0.3, 0.4) is 0 Å². The number of hydrogen-bond acceptors (Lipinski definition) is 3. The monoisotopic (exact) mass is 329 g/mol. The highest BCUT2D eigenvalue weighted by Crippen LogP contribution is 2.35. The molecule has 0 spiro atoms. The smallest absolute Gasteiger partial charge is 0.253 e. The minimum Gasteiger partial charge on any atom is -0.339 e. The summed E-state index contributed by atoms with van der Waals surface area (Å²) in [5, 5.41) is 0.987. The van der Waals surface area contributed by atoms with Crippen molar-refractivity contribution in [2.45, 2.75) is 36.7 Å². The Labute approximate surface area is 141 Å². The zero-order valence-electron chi connectivity index (χ0n) is 13.9. The van der Waals surface area contributed by atoms with E-state index < -0.39 is 0 Å². The van der Waals surface area contributed by atoms with Crippen molar-refractivity contribution < 1.29 is 4.79 Å². The van der Waals surface area contributed by atoms with Crippen LogP contribution in [-0.4, -0.2) is 33.4 Å². The largest absolute Gasteiger partial charge is 0.339 e. The molecule has 1 aliphatic carbocycles. The van der Waals surface area contributed by atoms with Gasteiger partial charge in [0, 0.05) is 43.8 Å². The maximum absolute atomic E-state index is 12.7. The Morgan fingerprint density at radius 1 is 1.48 bits per heavy atom. The molecule has 5 heteroatoms. The van der Waals surface area contributed by atoms with E-state index in [4.69, 9.17) is 0 Å². The third kappa shape index (κ3) is 3.78. The van der Waals surface area contributed by atoms with Gasteiger partial charge in [0.15, 0.2) is 5.16 Å². The molecule has 1 unspecified atom stereocenters. The number of aryl methyl sites for hydroxylation is 1. The molecule has 1 aliphatic rings. The molecule has 1 heterocycles. The highest BCUT2D eigenvalue weighted by atomic mass is 32.2. The summed E-state index contributed by atoms with van der Waals surface area (Å²) in [6, 6.07) is 8.28. The van der Waals surface area contributed by atoms with Crippen LogP contribution in [0.25, 0.3) is 0 Å². The Hall–Kier alpha value is -1.75. The summed E-state index contributed by atoms with van der Waals surface area (Å²) < 4.78 is 2.00. The van der Waals surface area contributed by atoms with Crippen LogP contribution in [0.1, 0.15) is 35.7 Å². The number of benzene rings is 1. The Kier molecular flexibility index (Phi) is 4.76. The van der Waals surface area contributed by atoms with Gasteiger partial charge < -0.3 is 9.47 Å². The summed E-state index contributed by atoms with van der Waals surface area (Å²) in [6.45, 7) is 2.15. The lowest BCUT2D eigenvalue weighted by atomic mass is 10.1. The van der Waals surface area contributed by atoms with Crippen molar-refractivity contribution in [1.29, 1.82) is 0 Å². The number of hydrogen-bond donors (Lipinski definition) is 0. The van der Waals surface area contributed by atoms with Crippen LogP contribution < -0.4 is 0 Å². The van der Waals surface area contributed by atoms with Crippen LogP contribution in [-0.2, 0) is 12.8 Å². The van der Waals surface area contributed by atoms with Gasteiger partial charge >= 0.3 is 0 Å². The van der Waals surface area contributed by atoms with E-state index in [0.717, 1.165) is 22.0 Å². The van der Waals surface area contributed by atoms with Crippen LogP contribution in [0.2, 0.25) is 0 Å². The highest BCUT2D eigenvalue weighted by molar-refractivity contribution is 7.98. The minimum atomic E-state index is 0.119. The number of carbonyl (C=O) groups is 1. The van der Waals surface area contributed by atoms with E-state index in [2.05, 4.69) is 18.0 Å². The summed E-state index contributed by atoms with van der Waals surface area (Å²) in [6.07, 6.45) is 6.24. The first-order valence-corrected chi connectivity index (χ1v) is 9.01. The number of rotatable bonds is 6. The molecular weight excluding hydrogens is 306 g/mol. The third-order valence-electron chi connectivity index (χ3n) is 4.55. The van der Waals surface area contributed by atoms with Crippen LogP contribution in [0, 0.1) is 5.92 Å². The van der Waals surface area contributed by atoms with Crippen molar-refractivity contribution >= 4 is 17.7 Å². The lowest BCUT2D eigenvalue weighted by Crippen LogP contribution is -2.36. The number of amides is 1. The molecule has 23 heavy (non-hydrogen) atoms. The standard InChI is InChI=1S/C18H23N3OS/c1-13(15-7-8-15)21(3)17(22)16-6-4-5-14(11-16)12-23-18-19-9-10-20(18)2/h4-6,9-11,13,15H,7-8,12H2,1-3H3. The molecule has 1 fully saturated rings. The third-order valence-corrected chi connectivity index (χ3v) is 5.68. The number of thioether (sulfide) groups is 1. The van der Waals surface area contributed by atoms with Crippen LogP contribution >= 0.6 is 11.8 Å². The molecule has 1 atom stereocenters. The number of aromatic nitrogens is 2. The van der Waals surface area contributed by atoms with Crippen molar-refractivity contribution in [2.75, 3.05) is 7.05 Å².